The molecule has 1 aromatic rings. The standard InChI is InChI=1S/C11H9BrF2O2/c12-7-1-2-8-9(15)4-11(5-13,6-14)16-10(8)3-7/h1-3H,4-6H2. The number of halogens is 3. The molecule has 0 amide bonds. The fourth-order valence-electron chi connectivity index (χ4n) is 1.65. The van der Waals surface area contributed by atoms with Crippen molar-refractivity contribution in [3.63, 3.8) is 0 Å². The summed E-state index contributed by atoms with van der Waals surface area (Å²) in [5, 5.41) is 0. The SMILES string of the molecule is O=C1CC(CF)(CF)Oc2cc(Br)ccc21. The van der Waals surface area contributed by atoms with Gasteiger partial charge < -0.3 is 4.74 Å². The first-order chi connectivity index (χ1) is 7.60. The molecule has 0 N–H and O–H groups in total. The van der Waals surface area contributed by atoms with Crippen molar-refractivity contribution in [2.24, 2.45) is 0 Å². The van der Waals surface area contributed by atoms with E-state index in [1.54, 1.807) is 18.2 Å². The number of hydrogen-bond donors (Lipinski definition) is 0. The lowest BCUT2D eigenvalue weighted by atomic mass is 9.92. The maximum Gasteiger partial charge on any atom is 0.172 e. The van der Waals surface area contributed by atoms with Gasteiger partial charge in [0.25, 0.3) is 0 Å². The summed E-state index contributed by atoms with van der Waals surface area (Å²) < 4.78 is 31.5. The number of alkyl halides is 2. The van der Waals surface area contributed by atoms with Crippen molar-refractivity contribution in [1.29, 1.82) is 0 Å². The maximum atomic E-state index is 12.8. The van der Waals surface area contributed by atoms with E-state index in [0.717, 1.165) is 0 Å². The highest BCUT2D eigenvalue weighted by Gasteiger charge is 2.41. The predicted molar refractivity (Wildman–Crippen MR) is 58.4 cm³/mol. The van der Waals surface area contributed by atoms with Gasteiger partial charge in [0.15, 0.2) is 11.4 Å². The molecule has 5 heteroatoms. The van der Waals surface area contributed by atoms with E-state index in [1.165, 1.54) is 0 Å². The topological polar surface area (TPSA) is 26.3 Å². The molecule has 0 fully saturated rings. The summed E-state index contributed by atoms with van der Waals surface area (Å²) in [4.78, 5) is 11.7. The molecule has 0 saturated heterocycles. The first-order valence-electron chi connectivity index (χ1n) is 4.74. The molecule has 2 rings (SSSR count). The normalized spacial score (nSPS) is 17.8. The van der Waals surface area contributed by atoms with E-state index < -0.39 is 19.0 Å². The Bertz CT molecular complexity index is 430. The first-order valence-corrected chi connectivity index (χ1v) is 5.53. The van der Waals surface area contributed by atoms with Gasteiger partial charge in [-0.05, 0) is 18.2 Å². The number of ketones is 1. The molecule has 16 heavy (non-hydrogen) atoms. The molecule has 0 aromatic heterocycles. The number of carbonyl (C=O) groups is 1. The number of fused-ring (bicyclic) bond motifs is 1. The molecule has 2 nitrogen and oxygen atoms in total. The van der Waals surface area contributed by atoms with Crippen molar-refractivity contribution in [3.05, 3.63) is 28.2 Å². The second kappa shape index (κ2) is 4.13. The maximum absolute atomic E-state index is 12.8. The van der Waals surface area contributed by atoms with Crippen LogP contribution >= 0.6 is 15.9 Å². The zero-order chi connectivity index (χ0) is 11.8. The third kappa shape index (κ3) is 1.84. The van der Waals surface area contributed by atoms with Crippen LogP contribution in [-0.2, 0) is 0 Å². The number of Topliss-reactive ketones (excluding diaryl/α,β-unsaturated/α-hetero) is 1. The molecule has 1 aliphatic heterocycles. The number of carbonyl (C=O) groups excluding carboxylic acids is 1. The van der Waals surface area contributed by atoms with Crippen LogP contribution in [0.25, 0.3) is 0 Å². The molecule has 0 spiro atoms. The highest BCUT2D eigenvalue weighted by atomic mass is 79.9. The van der Waals surface area contributed by atoms with Gasteiger partial charge in [0.05, 0.1) is 12.0 Å². The smallest absolute Gasteiger partial charge is 0.172 e. The van der Waals surface area contributed by atoms with Gasteiger partial charge in [0, 0.05) is 4.47 Å². The van der Waals surface area contributed by atoms with E-state index in [-0.39, 0.29) is 18.0 Å². The largest absolute Gasteiger partial charge is 0.480 e. The zero-order valence-corrected chi connectivity index (χ0v) is 9.89. The summed E-state index contributed by atoms with van der Waals surface area (Å²) >= 11 is 3.21. The fourth-order valence-corrected chi connectivity index (χ4v) is 1.99. The molecule has 86 valence electrons. The van der Waals surface area contributed by atoms with Crippen LogP contribution in [0.2, 0.25) is 0 Å². The van der Waals surface area contributed by atoms with E-state index in [9.17, 15) is 13.6 Å². The van der Waals surface area contributed by atoms with Crippen LogP contribution in [0.1, 0.15) is 16.8 Å². The van der Waals surface area contributed by atoms with Crippen molar-refractivity contribution in [3.8, 4) is 5.75 Å². The van der Waals surface area contributed by atoms with Crippen molar-refractivity contribution >= 4 is 21.7 Å². The van der Waals surface area contributed by atoms with Gasteiger partial charge in [-0.3, -0.25) is 4.79 Å². The fraction of sp³-hybridized carbons (Fsp3) is 0.364. The van der Waals surface area contributed by atoms with Crippen LogP contribution < -0.4 is 4.74 Å². The Labute approximate surface area is 99.7 Å². The van der Waals surface area contributed by atoms with Gasteiger partial charge in [0.2, 0.25) is 0 Å². The predicted octanol–water partition coefficient (Wildman–Crippen LogP) is 3.09. The quantitative estimate of drug-likeness (QED) is 0.837. The van der Waals surface area contributed by atoms with Crippen LogP contribution in [0.3, 0.4) is 0 Å². The second-order valence-corrected chi connectivity index (χ2v) is 4.71. The third-order valence-electron chi connectivity index (χ3n) is 2.54. The molecular weight excluding hydrogens is 282 g/mol. The van der Waals surface area contributed by atoms with Gasteiger partial charge in [-0.25, -0.2) is 8.78 Å². The Morgan fingerprint density at radius 3 is 2.69 bits per heavy atom. The van der Waals surface area contributed by atoms with Gasteiger partial charge in [-0.2, -0.15) is 0 Å². The highest BCUT2D eigenvalue weighted by Crippen LogP contribution is 2.35. The van der Waals surface area contributed by atoms with E-state index in [4.69, 9.17) is 4.74 Å². The Morgan fingerprint density at radius 2 is 2.06 bits per heavy atom. The Morgan fingerprint density at radius 1 is 1.38 bits per heavy atom. The summed E-state index contributed by atoms with van der Waals surface area (Å²) in [5.74, 6) is -0.0509. The van der Waals surface area contributed by atoms with E-state index >= 15 is 0 Å². The van der Waals surface area contributed by atoms with E-state index in [2.05, 4.69) is 15.9 Å². The molecule has 0 atom stereocenters. The monoisotopic (exact) mass is 290 g/mol. The van der Waals surface area contributed by atoms with Crippen molar-refractivity contribution in [1.82, 2.24) is 0 Å². The summed E-state index contributed by atoms with van der Waals surface area (Å²) in [6, 6.07) is 4.83. The molecule has 1 aliphatic rings. The molecule has 1 heterocycles. The van der Waals surface area contributed by atoms with Crippen LogP contribution in [0.4, 0.5) is 8.78 Å². The Balaban J connectivity index is 2.45. The third-order valence-corrected chi connectivity index (χ3v) is 3.03. The minimum atomic E-state index is -1.63. The molecule has 1 aromatic carbocycles. The average molecular weight is 291 g/mol. The Kier molecular flexibility index (Phi) is 2.97. The van der Waals surface area contributed by atoms with Crippen LogP contribution in [0.5, 0.6) is 5.75 Å². The number of hydrogen-bond acceptors (Lipinski definition) is 2. The average Bonchev–Trinajstić information content (AvgIpc) is 2.28. The van der Waals surface area contributed by atoms with Gasteiger partial charge in [-0.15, -0.1) is 0 Å². The van der Waals surface area contributed by atoms with E-state index in [1.807, 2.05) is 0 Å². The van der Waals surface area contributed by atoms with Crippen LogP contribution in [0.15, 0.2) is 22.7 Å². The van der Waals surface area contributed by atoms with Gasteiger partial charge >= 0.3 is 0 Å². The summed E-state index contributed by atoms with van der Waals surface area (Å²) in [7, 11) is 0. The van der Waals surface area contributed by atoms with Crippen molar-refractivity contribution < 1.29 is 18.3 Å². The number of rotatable bonds is 2. The summed E-state index contributed by atoms with van der Waals surface area (Å²) in [5.41, 5.74) is -1.26. The minimum absolute atomic E-state index is 0.237. The summed E-state index contributed by atoms with van der Waals surface area (Å²) in [6.07, 6.45) is -0.255. The molecule has 0 bridgehead atoms. The lowest BCUT2D eigenvalue weighted by molar-refractivity contribution is 0.00426. The van der Waals surface area contributed by atoms with Crippen molar-refractivity contribution in [2.75, 3.05) is 13.3 Å². The molecule has 0 aliphatic carbocycles. The van der Waals surface area contributed by atoms with Crippen molar-refractivity contribution in [2.45, 2.75) is 12.0 Å². The summed E-state index contributed by atoms with van der Waals surface area (Å²) in [6.45, 7) is -2.03. The van der Waals surface area contributed by atoms with Gasteiger partial charge in [-0.1, -0.05) is 15.9 Å². The lowest BCUT2D eigenvalue weighted by Gasteiger charge is -2.33. The zero-order valence-electron chi connectivity index (χ0n) is 8.30. The number of benzene rings is 1. The van der Waals surface area contributed by atoms with Crippen LogP contribution in [-0.4, -0.2) is 24.7 Å². The number of ether oxygens (including phenoxy) is 1. The van der Waals surface area contributed by atoms with Crippen LogP contribution in [0, 0.1) is 0 Å². The molecular formula is C11H9BrF2O2. The highest BCUT2D eigenvalue weighted by molar-refractivity contribution is 9.10. The van der Waals surface area contributed by atoms with Gasteiger partial charge in [0.1, 0.15) is 19.1 Å². The lowest BCUT2D eigenvalue weighted by Crippen LogP contribution is -2.46. The molecule has 0 radical (unpaired) electrons. The minimum Gasteiger partial charge on any atom is -0.480 e. The van der Waals surface area contributed by atoms with E-state index in [0.29, 0.717) is 10.0 Å². The second-order valence-electron chi connectivity index (χ2n) is 3.79. The Hall–Kier alpha value is -0.970. The first kappa shape index (κ1) is 11.5. The molecule has 0 unspecified atom stereocenters. The molecule has 0 saturated carbocycles.